The van der Waals surface area contributed by atoms with Crippen LogP contribution in [-0.4, -0.2) is 66.4 Å². The van der Waals surface area contributed by atoms with Crippen LogP contribution in [0.1, 0.15) is 57.6 Å². The number of amides is 1. The third-order valence-corrected chi connectivity index (χ3v) is 7.63. The first-order chi connectivity index (χ1) is 22.3. The lowest BCUT2D eigenvalue weighted by Crippen LogP contribution is -2.43. The second-order valence-electron chi connectivity index (χ2n) is 11.8. The Hall–Kier alpha value is -4.93. The average Bonchev–Trinajstić information content (AvgIpc) is 3.06. The number of pyridine rings is 1. The third kappa shape index (κ3) is 10.3. The minimum absolute atomic E-state index is 0.145. The van der Waals surface area contributed by atoms with Gasteiger partial charge in [-0.25, -0.2) is 4.98 Å². The number of rotatable bonds is 11. The van der Waals surface area contributed by atoms with E-state index < -0.39 is 53.8 Å². The molecular formula is C36H44N2O9. The predicted molar refractivity (Wildman–Crippen MR) is 174 cm³/mol. The molecule has 1 aliphatic heterocycles. The quantitative estimate of drug-likeness (QED) is 0.196. The summed E-state index contributed by atoms with van der Waals surface area (Å²) in [5.41, 5.74) is 2.94. The Balaban J connectivity index is 1.75. The zero-order chi connectivity index (χ0) is 34.7. The summed E-state index contributed by atoms with van der Waals surface area (Å²) in [6.07, 6.45) is 5.10. The molecule has 0 spiro atoms. The van der Waals surface area contributed by atoms with Gasteiger partial charge in [0.15, 0.2) is 23.3 Å². The van der Waals surface area contributed by atoms with Crippen molar-refractivity contribution in [2.24, 2.45) is 17.8 Å². The van der Waals surface area contributed by atoms with Crippen molar-refractivity contribution >= 4 is 23.8 Å². The fourth-order valence-corrected chi connectivity index (χ4v) is 5.04. The third-order valence-electron chi connectivity index (χ3n) is 7.63. The van der Waals surface area contributed by atoms with Crippen molar-refractivity contribution in [1.29, 1.82) is 0 Å². The fraction of sp³-hybridized carbons (Fsp3) is 0.417. The molecule has 1 amide bonds. The highest BCUT2D eigenvalue weighted by Crippen LogP contribution is 2.28. The summed E-state index contributed by atoms with van der Waals surface area (Å²) in [7, 11) is 1.38. The number of hydrogen-bond acceptors (Lipinski definition) is 10. The molecule has 4 atom stereocenters. The minimum atomic E-state index is -1.04. The van der Waals surface area contributed by atoms with E-state index in [1.54, 1.807) is 39.8 Å². The van der Waals surface area contributed by atoms with Gasteiger partial charge in [0.2, 0.25) is 0 Å². The Morgan fingerprint density at radius 2 is 1.77 bits per heavy atom. The van der Waals surface area contributed by atoms with Crippen LogP contribution >= 0.6 is 0 Å². The lowest BCUT2D eigenvalue weighted by atomic mass is 9.91. The van der Waals surface area contributed by atoms with E-state index >= 15 is 0 Å². The normalized spacial score (nSPS) is 21.1. The molecule has 11 nitrogen and oxygen atoms in total. The maximum absolute atomic E-state index is 13.5. The lowest BCUT2D eigenvalue weighted by Gasteiger charge is -2.29. The summed E-state index contributed by atoms with van der Waals surface area (Å²) in [6, 6.07) is 10.8. The van der Waals surface area contributed by atoms with E-state index in [9.17, 15) is 24.3 Å². The Morgan fingerprint density at radius 3 is 2.43 bits per heavy atom. The van der Waals surface area contributed by atoms with Crippen molar-refractivity contribution in [2.75, 3.05) is 20.3 Å². The Morgan fingerprint density at radius 1 is 1.06 bits per heavy atom. The molecule has 2 aromatic rings. The molecule has 1 aromatic heterocycles. The van der Waals surface area contributed by atoms with Crippen LogP contribution in [0.25, 0.3) is 0 Å². The monoisotopic (exact) mass is 648 g/mol. The van der Waals surface area contributed by atoms with Crippen molar-refractivity contribution in [2.45, 2.75) is 60.2 Å². The van der Waals surface area contributed by atoms with Crippen molar-refractivity contribution < 1.29 is 43.2 Å². The number of aromatic hydroxyl groups is 1. The predicted octanol–water partition coefficient (Wildman–Crippen LogP) is 4.90. The molecule has 0 aliphatic carbocycles. The van der Waals surface area contributed by atoms with Gasteiger partial charge in [0.1, 0.15) is 24.5 Å². The van der Waals surface area contributed by atoms with Gasteiger partial charge in [0, 0.05) is 18.8 Å². The zero-order valence-corrected chi connectivity index (χ0v) is 27.9. The number of ether oxygens (including phenoxy) is 4. The minimum Gasteiger partial charge on any atom is -0.503 e. The molecule has 1 aromatic carbocycles. The molecule has 0 saturated carbocycles. The number of nitrogens with one attached hydrogen (secondary N) is 1. The largest absolute Gasteiger partial charge is 0.503 e. The summed E-state index contributed by atoms with van der Waals surface area (Å²) in [6.45, 7) is 10.4. The molecule has 4 unspecified atom stereocenters. The van der Waals surface area contributed by atoms with E-state index in [1.165, 1.54) is 19.4 Å². The number of carbonyl (C=O) groups excluding carboxylic acids is 4. The first kappa shape index (κ1) is 36.5. The highest BCUT2D eigenvalue weighted by Gasteiger charge is 2.42. The SMILES string of the molecule is COc1ccnc(C(=O)NC/C=C(/C)C=C(C)C=C(C)C2COC(=O)C(Cc3ccccc3)C(OC(=O)C(C)C)C(C)OC2=O)c1O. The molecule has 0 bridgehead atoms. The summed E-state index contributed by atoms with van der Waals surface area (Å²) in [4.78, 5) is 55.9. The van der Waals surface area contributed by atoms with Crippen molar-refractivity contribution in [3.8, 4) is 11.5 Å². The summed E-state index contributed by atoms with van der Waals surface area (Å²) in [5.74, 6) is -4.65. The number of hydrogen-bond donors (Lipinski definition) is 2. The molecular weight excluding hydrogens is 604 g/mol. The van der Waals surface area contributed by atoms with Crippen molar-refractivity contribution in [1.82, 2.24) is 10.3 Å². The van der Waals surface area contributed by atoms with Gasteiger partial charge in [0.05, 0.1) is 13.0 Å². The highest BCUT2D eigenvalue weighted by atomic mass is 16.6. The van der Waals surface area contributed by atoms with Crippen LogP contribution in [0.2, 0.25) is 0 Å². The number of carbonyl (C=O) groups is 4. The van der Waals surface area contributed by atoms with Gasteiger partial charge < -0.3 is 29.4 Å². The zero-order valence-electron chi connectivity index (χ0n) is 27.9. The fourth-order valence-electron chi connectivity index (χ4n) is 5.04. The number of allylic oxidation sites excluding steroid dienone is 4. The van der Waals surface area contributed by atoms with Crippen LogP contribution in [-0.2, 0) is 35.0 Å². The van der Waals surface area contributed by atoms with Gasteiger partial charge in [-0.05, 0) is 39.7 Å². The second kappa shape index (κ2) is 17.1. The molecule has 2 N–H and O–H groups in total. The Kier molecular flexibility index (Phi) is 13.3. The number of aromatic nitrogens is 1. The lowest BCUT2D eigenvalue weighted by molar-refractivity contribution is -0.176. The number of esters is 3. The molecule has 11 heteroatoms. The van der Waals surface area contributed by atoms with E-state index in [4.69, 9.17) is 18.9 Å². The molecule has 1 saturated heterocycles. The van der Waals surface area contributed by atoms with Gasteiger partial charge in [-0.15, -0.1) is 0 Å². The maximum atomic E-state index is 13.5. The van der Waals surface area contributed by atoms with Crippen LogP contribution in [0.3, 0.4) is 0 Å². The van der Waals surface area contributed by atoms with Crippen molar-refractivity contribution in [3.05, 3.63) is 88.8 Å². The van der Waals surface area contributed by atoms with E-state index in [-0.39, 0.29) is 36.8 Å². The number of benzene rings is 1. The van der Waals surface area contributed by atoms with Crippen LogP contribution in [0.5, 0.6) is 11.5 Å². The molecule has 1 fully saturated rings. The number of cyclic esters (lactones) is 2. The Bertz CT molecular complexity index is 1530. The first-order valence-corrected chi connectivity index (χ1v) is 15.5. The highest BCUT2D eigenvalue weighted by molar-refractivity contribution is 5.95. The van der Waals surface area contributed by atoms with Gasteiger partial charge in [-0.2, -0.15) is 0 Å². The summed E-state index contributed by atoms with van der Waals surface area (Å²) >= 11 is 0. The molecule has 2 heterocycles. The van der Waals surface area contributed by atoms with Gasteiger partial charge >= 0.3 is 17.9 Å². The van der Waals surface area contributed by atoms with Crippen LogP contribution in [0.4, 0.5) is 0 Å². The average molecular weight is 649 g/mol. The molecule has 3 rings (SSSR count). The summed E-state index contributed by atoms with van der Waals surface area (Å²) < 4.78 is 22.3. The molecule has 0 radical (unpaired) electrons. The topological polar surface area (TPSA) is 150 Å². The van der Waals surface area contributed by atoms with E-state index in [0.717, 1.165) is 16.7 Å². The second-order valence-corrected chi connectivity index (χ2v) is 11.8. The van der Waals surface area contributed by atoms with Crippen LogP contribution in [0, 0.1) is 17.8 Å². The first-order valence-electron chi connectivity index (χ1n) is 15.5. The molecule has 47 heavy (non-hydrogen) atoms. The Labute approximate surface area is 275 Å². The molecule has 1 aliphatic rings. The molecule has 252 valence electrons. The van der Waals surface area contributed by atoms with Crippen LogP contribution in [0.15, 0.2) is 77.5 Å². The van der Waals surface area contributed by atoms with Gasteiger partial charge in [-0.1, -0.05) is 79.1 Å². The van der Waals surface area contributed by atoms with E-state index in [1.807, 2.05) is 50.3 Å². The van der Waals surface area contributed by atoms with Crippen molar-refractivity contribution in [3.63, 3.8) is 0 Å². The van der Waals surface area contributed by atoms with Crippen LogP contribution < -0.4 is 10.1 Å². The van der Waals surface area contributed by atoms with Gasteiger partial charge in [0.25, 0.3) is 5.91 Å². The standard InChI is InChI=1S/C36H44N2O9/c1-21(2)34(41)47-32-25(6)46-36(43)28(20-45-35(42)27(32)19-26-11-9-8-10-12-26)24(5)18-23(4)17-22(3)13-15-38-33(40)30-31(39)29(44-7)14-16-37-30/h8-14,16-18,21,25,27-28,32,39H,15,19-20H2,1-7H3,(H,38,40)/b22-13-,23-17?,24-18?. The smallest absolute Gasteiger partial charge is 0.316 e. The summed E-state index contributed by atoms with van der Waals surface area (Å²) in [5, 5.41) is 12.8. The van der Waals surface area contributed by atoms with E-state index in [2.05, 4.69) is 10.3 Å². The van der Waals surface area contributed by atoms with Gasteiger partial charge in [-0.3, -0.25) is 19.2 Å². The number of methoxy groups -OCH3 is 1. The van der Waals surface area contributed by atoms with E-state index in [0.29, 0.717) is 5.57 Å². The number of nitrogens with zero attached hydrogens (tertiary/aromatic N) is 1. The maximum Gasteiger partial charge on any atom is 0.316 e.